The van der Waals surface area contributed by atoms with Crippen LogP contribution in [0.3, 0.4) is 0 Å². The molecule has 14 heavy (non-hydrogen) atoms. The molecule has 0 saturated carbocycles. The van der Waals surface area contributed by atoms with E-state index in [2.05, 4.69) is 24.1 Å². The third-order valence-corrected chi connectivity index (χ3v) is 2.97. The Kier molecular flexibility index (Phi) is 4.85. The van der Waals surface area contributed by atoms with E-state index in [1.54, 1.807) is 7.11 Å². The number of methoxy groups -OCH3 is 1. The molecule has 0 spiro atoms. The second kappa shape index (κ2) is 5.69. The van der Waals surface area contributed by atoms with Crippen LogP contribution in [0.5, 0.6) is 0 Å². The van der Waals surface area contributed by atoms with Crippen molar-refractivity contribution >= 4 is 0 Å². The van der Waals surface area contributed by atoms with Gasteiger partial charge in [-0.3, -0.25) is 4.90 Å². The SMILES string of the molecule is COCCCN1CCCNCC1(C)C. The Morgan fingerprint density at radius 3 is 2.93 bits per heavy atom. The van der Waals surface area contributed by atoms with Crippen LogP contribution in [0.1, 0.15) is 26.7 Å². The highest BCUT2D eigenvalue weighted by molar-refractivity contribution is 4.86. The zero-order valence-corrected chi connectivity index (χ0v) is 9.81. The summed E-state index contributed by atoms with van der Waals surface area (Å²) in [5.41, 5.74) is 0.296. The predicted octanol–water partition coefficient (Wildman–Crippen LogP) is 1.10. The molecule has 0 bridgehead atoms. The molecule has 3 nitrogen and oxygen atoms in total. The molecule has 84 valence electrons. The number of nitrogens with one attached hydrogen (secondary N) is 1. The Morgan fingerprint density at radius 1 is 1.43 bits per heavy atom. The quantitative estimate of drug-likeness (QED) is 0.688. The average Bonchev–Trinajstić information content (AvgIpc) is 2.29. The van der Waals surface area contributed by atoms with Crippen LogP contribution in [-0.4, -0.2) is 50.3 Å². The van der Waals surface area contributed by atoms with Crippen molar-refractivity contribution in [3.05, 3.63) is 0 Å². The van der Waals surface area contributed by atoms with Gasteiger partial charge in [-0.2, -0.15) is 0 Å². The van der Waals surface area contributed by atoms with Crippen molar-refractivity contribution in [2.75, 3.05) is 39.9 Å². The molecule has 0 aromatic heterocycles. The molecule has 1 heterocycles. The summed E-state index contributed by atoms with van der Waals surface area (Å²) in [7, 11) is 1.77. The van der Waals surface area contributed by atoms with Crippen molar-refractivity contribution in [3.8, 4) is 0 Å². The Balaban J connectivity index is 2.37. The fourth-order valence-corrected chi connectivity index (χ4v) is 2.02. The summed E-state index contributed by atoms with van der Waals surface area (Å²) in [5, 5.41) is 3.48. The van der Waals surface area contributed by atoms with Gasteiger partial charge in [0, 0.05) is 32.3 Å². The van der Waals surface area contributed by atoms with Crippen molar-refractivity contribution in [1.29, 1.82) is 0 Å². The predicted molar refractivity (Wildman–Crippen MR) is 59.6 cm³/mol. The van der Waals surface area contributed by atoms with Crippen molar-refractivity contribution in [1.82, 2.24) is 10.2 Å². The summed E-state index contributed by atoms with van der Waals surface area (Å²) in [6.45, 7) is 10.1. The van der Waals surface area contributed by atoms with Crippen LogP contribution in [0.25, 0.3) is 0 Å². The lowest BCUT2D eigenvalue weighted by Crippen LogP contribution is -2.49. The monoisotopic (exact) mass is 200 g/mol. The van der Waals surface area contributed by atoms with Gasteiger partial charge in [-0.15, -0.1) is 0 Å². The van der Waals surface area contributed by atoms with Gasteiger partial charge in [0.15, 0.2) is 0 Å². The highest BCUT2D eigenvalue weighted by Gasteiger charge is 2.27. The molecule has 0 unspecified atom stereocenters. The maximum Gasteiger partial charge on any atom is 0.0474 e. The normalized spacial score (nSPS) is 23.4. The average molecular weight is 200 g/mol. The second-order valence-electron chi connectivity index (χ2n) is 4.68. The van der Waals surface area contributed by atoms with Crippen LogP contribution >= 0.6 is 0 Å². The first-order valence-corrected chi connectivity index (χ1v) is 5.61. The fourth-order valence-electron chi connectivity index (χ4n) is 2.02. The van der Waals surface area contributed by atoms with Gasteiger partial charge in [0.2, 0.25) is 0 Å². The van der Waals surface area contributed by atoms with Gasteiger partial charge in [-0.25, -0.2) is 0 Å². The van der Waals surface area contributed by atoms with E-state index >= 15 is 0 Å². The van der Waals surface area contributed by atoms with E-state index in [0.717, 1.165) is 32.7 Å². The molecule has 1 aliphatic rings. The zero-order chi connectivity index (χ0) is 10.4. The topological polar surface area (TPSA) is 24.5 Å². The number of rotatable bonds is 4. The second-order valence-corrected chi connectivity index (χ2v) is 4.68. The third-order valence-electron chi connectivity index (χ3n) is 2.97. The maximum atomic E-state index is 5.09. The van der Waals surface area contributed by atoms with Crippen LogP contribution in [0.4, 0.5) is 0 Å². The van der Waals surface area contributed by atoms with Gasteiger partial charge in [0.1, 0.15) is 0 Å². The molecule has 0 amide bonds. The minimum atomic E-state index is 0.296. The molecule has 0 radical (unpaired) electrons. The van der Waals surface area contributed by atoms with E-state index in [1.165, 1.54) is 13.0 Å². The largest absolute Gasteiger partial charge is 0.385 e. The smallest absolute Gasteiger partial charge is 0.0474 e. The standard InChI is InChI=1S/C11H24N2O/c1-11(2)10-12-6-4-7-13(11)8-5-9-14-3/h12H,4-10H2,1-3H3. The highest BCUT2D eigenvalue weighted by atomic mass is 16.5. The molecule has 1 rings (SSSR count). The van der Waals surface area contributed by atoms with E-state index < -0.39 is 0 Å². The molecular formula is C11H24N2O. The van der Waals surface area contributed by atoms with Crippen molar-refractivity contribution in [3.63, 3.8) is 0 Å². The highest BCUT2D eigenvalue weighted by Crippen LogP contribution is 2.16. The Morgan fingerprint density at radius 2 is 2.21 bits per heavy atom. The summed E-state index contributed by atoms with van der Waals surface area (Å²) in [5.74, 6) is 0. The minimum absolute atomic E-state index is 0.296. The number of ether oxygens (including phenoxy) is 1. The van der Waals surface area contributed by atoms with Gasteiger partial charge in [0.05, 0.1) is 0 Å². The van der Waals surface area contributed by atoms with Gasteiger partial charge in [0.25, 0.3) is 0 Å². The van der Waals surface area contributed by atoms with Gasteiger partial charge in [-0.1, -0.05) is 0 Å². The molecule has 1 aliphatic heterocycles. The molecule has 3 heteroatoms. The van der Waals surface area contributed by atoms with Crippen molar-refractivity contribution < 1.29 is 4.74 Å². The van der Waals surface area contributed by atoms with E-state index in [9.17, 15) is 0 Å². The molecule has 0 aromatic carbocycles. The first kappa shape index (κ1) is 12.0. The summed E-state index contributed by atoms with van der Waals surface area (Å²) in [6, 6.07) is 0. The van der Waals surface area contributed by atoms with Gasteiger partial charge in [-0.05, 0) is 39.8 Å². The van der Waals surface area contributed by atoms with E-state index in [1.807, 2.05) is 0 Å². The molecule has 1 saturated heterocycles. The third kappa shape index (κ3) is 3.56. The van der Waals surface area contributed by atoms with Crippen LogP contribution in [0, 0.1) is 0 Å². The summed E-state index contributed by atoms with van der Waals surface area (Å²) >= 11 is 0. The molecule has 0 atom stereocenters. The summed E-state index contributed by atoms with van der Waals surface area (Å²) in [6.07, 6.45) is 2.40. The van der Waals surface area contributed by atoms with Gasteiger partial charge >= 0.3 is 0 Å². The van der Waals surface area contributed by atoms with E-state index in [4.69, 9.17) is 4.74 Å². The molecule has 0 aliphatic carbocycles. The number of hydrogen-bond donors (Lipinski definition) is 1. The molecular weight excluding hydrogens is 176 g/mol. The Bertz CT molecular complexity index is 159. The lowest BCUT2D eigenvalue weighted by atomic mass is 10.0. The minimum Gasteiger partial charge on any atom is -0.385 e. The number of hydrogen-bond acceptors (Lipinski definition) is 3. The summed E-state index contributed by atoms with van der Waals surface area (Å²) in [4.78, 5) is 2.58. The molecule has 1 fully saturated rings. The van der Waals surface area contributed by atoms with Gasteiger partial charge < -0.3 is 10.1 Å². The Hall–Kier alpha value is -0.120. The van der Waals surface area contributed by atoms with Crippen LogP contribution in [0.15, 0.2) is 0 Å². The van der Waals surface area contributed by atoms with Crippen molar-refractivity contribution in [2.45, 2.75) is 32.2 Å². The first-order chi connectivity index (χ1) is 6.67. The maximum absolute atomic E-state index is 5.09. The lowest BCUT2D eigenvalue weighted by Gasteiger charge is -2.36. The Labute approximate surface area is 87.8 Å². The lowest BCUT2D eigenvalue weighted by molar-refractivity contribution is 0.111. The molecule has 1 N–H and O–H groups in total. The zero-order valence-electron chi connectivity index (χ0n) is 9.81. The molecule has 0 aromatic rings. The van der Waals surface area contributed by atoms with E-state index in [-0.39, 0.29) is 0 Å². The van der Waals surface area contributed by atoms with Crippen LogP contribution < -0.4 is 5.32 Å². The fraction of sp³-hybridized carbons (Fsp3) is 1.00. The van der Waals surface area contributed by atoms with Crippen LogP contribution in [0.2, 0.25) is 0 Å². The number of nitrogens with zero attached hydrogens (tertiary/aromatic N) is 1. The first-order valence-electron chi connectivity index (χ1n) is 5.61. The van der Waals surface area contributed by atoms with Crippen LogP contribution in [-0.2, 0) is 4.74 Å². The van der Waals surface area contributed by atoms with Crippen molar-refractivity contribution in [2.24, 2.45) is 0 Å². The summed E-state index contributed by atoms with van der Waals surface area (Å²) < 4.78 is 5.09. The van der Waals surface area contributed by atoms with E-state index in [0.29, 0.717) is 5.54 Å².